The summed E-state index contributed by atoms with van der Waals surface area (Å²) in [5.74, 6) is 2.55. The first kappa shape index (κ1) is 19.3. The van der Waals surface area contributed by atoms with Crippen molar-refractivity contribution in [3.8, 4) is 0 Å². The van der Waals surface area contributed by atoms with E-state index in [0.29, 0.717) is 0 Å². The molecule has 0 aromatic carbocycles. The quantitative estimate of drug-likeness (QED) is 0.335. The molecule has 0 heterocycles. The van der Waals surface area contributed by atoms with Gasteiger partial charge in [-0.3, -0.25) is 0 Å². The molecule has 0 aliphatic carbocycles. The van der Waals surface area contributed by atoms with Crippen molar-refractivity contribution in [2.75, 3.05) is 24.6 Å². The highest BCUT2D eigenvalue weighted by molar-refractivity contribution is 9.26. The van der Waals surface area contributed by atoms with Crippen LogP contribution in [0, 0.1) is 0 Å². The highest BCUT2D eigenvalue weighted by atomic mass is 33.7. The Labute approximate surface area is 128 Å². The number of unbranched alkanes of at least 4 members (excludes halogenated alkanes) is 6. The SMILES string of the molecule is NCCCCCCSSSSCCCCCCN. The van der Waals surface area contributed by atoms with E-state index in [1.165, 1.54) is 62.9 Å². The van der Waals surface area contributed by atoms with Crippen LogP contribution in [0.25, 0.3) is 0 Å². The maximum atomic E-state index is 5.45. The fraction of sp³-hybridized carbons (Fsp3) is 1.00. The molecule has 0 fully saturated rings. The van der Waals surface area contributed by atoms with Crippen molar-refractivity contribution >= 4 is 41.2 Å². The Morgan fingerprint density at radius 2 is 0.889 bits per heavy atom. The average molecular weight is 329 g/mol. The molecular formula is C12H28N2S4. The van der Waals surface area contributed by atoms with Crippen LogP contribution in [0.5, 0.6) is 0 Å². The summed E-state index contributed by atoms with van der Waals surface area (Å²) in [4.78, 5) is 0. The Balaban J connectivity index is 2.86. The third kappa shape index (κ3) is 17.3. The highest BCUT2D eigenvalue weighted by Crippen LogP contribution is 2.43. The number of hydrogen-bond donors (Lipinski definition) is 2. The van der Waals surface area contributed by atoms with Gasteiger partial charge in [0.25, 0.3) is 0 Å². The Bertz CT molecular complexity index is 134. The van der Waals surface area contributed by atoms with E-state index < -0.39 is 0 Å². The van der Waals surface area contributed by atoms with E-state index in [1.54, 1.807) is 0 Å². The van der Waals surface area contributed by atoms with Crippen molar-refractivity contribution in [2.45, 2.75) is 51.4 Å². The van der Waals surface area contributed by atoms with Crippen molar-refractivity contribution in [3.05, 3.63) is 0 Å². The first-order valence-electron chi connectivity index (χ1n) is 6.89. The Morgan fingerprint density at radius 1 is 0.500 bits per heavy atom. The van der Waals surface area contributed by atoms with Gasteiger partial charge >= 0.3 is 0 Å². The van der Waals surface area contributed by atoms with Crippen LogP contribution in [0.1, 0.15) is 51.4 Å². The van der Waals surface area contributed by atoms with Gasteiger partial charge in [-0.25, -0.2) is 0 Å². The van der Waals surface area contributed by atoms with Crippen molar-refractivity contribution in [1.29, 1.82) is 0 Å². The topological polar surface area (TPSA) is 52.0 Å². The molecule has 4 N–H and O–H groups in total. The Morgan fingerprint density at radius 3 is 1.28 bits per heavy atom. The van der Waals surface area contributed by atoms with Gasteiger partial charge in [-0.1, -0.05) is 47.3 Å². The zero-order chi connectivity index (χ0) is 13.3. The summed E-state index contributed by atoms with van der Waals surface area (Å²) in [7, 11) is 7.86. The van der Waals surface area contributed by atoms with Crippen LogP contribution in [0.4, 0.5) is 0 Å². The monoisotopic (exact) mass is 328 g/mol. The second kappa shape index (κ2) is 18.3. The van der Waals surface area contributed by atoms with Gasteiger partial charge in [-0.2, -0.15) is 0 Å². The predicted molar refractivity (Wildman–Crippen MR) is 95.1 cm³/mol. The summed E-state index contributed by atoms with van der Waals surface area (Å²) < 4.78 is 0. The van der Waals surface area contributed by atoms with Crippen LogP contribution in [0.2, 0.25) is 0 Å². The van der Waals surface area contributed by atoms with Gasteiger partial charge in [0.2, 0.25) is 0 Å². The fourth-order valence-corrected chi connectivity index (χ4v) is 7.69. The van der Waals surface area contributed by atoms with Gasteiger partial charge in [-0.15, -0.1) is 0 Å². The van der Waals surface area contributed by atoms with E-state index in [2.05, 4.69) is 0 Å². The summed E-state index contributed by atoms with van der Waals surface area (Å²) in [6.07, 6.45) is 10.3. The molecule has 0 aromatic heterocycles. The molecule has 0 saturated carbocycles. The van der Waals surface area contributed by atoms with Crippen molar-refractivity contribution in [3.63, 3.8) is 0 Å². The lowest BCUT2D eigenvalue weighted by molar-refractivity contribution is 0.678. The largest absolute Gasteiger partial charge is 0.330 e. The minimum Gasteiger partial charge on any atom is -0.330 e. The van der Waals surface area contributed by atoms with Gasteiger partial charge in [-0.05, 0) is 58.4 Å². The van der Waals surface area contributed by atoms with Gasteiger partial charge < -0.3 is 11.5 Å². The molecule has 0 saturated heterocycles. The second-order valence-corrected chi connectivity index (χ2v) is 10.4. The third-order valence-corrected chi connectivity index (χ3v) is 9.12. The van der Waals surface area contributed by atoms with Gasteiger partial charge in [0.1, 0.15) is 0 Å². The molecule has 0 unspecified atom stereocenters. The average Bonchev–Trinajstić information content (AvgIpc) is 2.39. The van der Waals surface area contributed by atoms with E-state index in [9.17, 15) is 0 Å². The molecule has 18 heavy (non-hydrogen) atoms. The van der Waals surface area contributed by atoms with Gasteiger partial charge in [0, 0.05) is 11.5 Å². The molecule has 110 valence electrons. The van der Waals surface area contributed by atoms with E-state index in [0.717, 1.165) is 13.1 Å². The highest BCUT2D eigenvalue weighted by Gasteiger charge is 1.95. The van der Waals surface area contributed by atoms with Crippen molar-refractivity contribution < 1.29 is 0 Å². The van der Waals surface area contributed by atoms with E-state index in [1.807, 2.05) is 41.2 Å². The molecule has 0 spiro atoms. The molecule has 0 aliphatic heterocycles. The molecule has 0 aliphatic rings. The lowest BCUT2D eigenvalue weighted by atomic mass is 10.2. The maximum absolute atomic E-state index is 5.45. The number of hydrogen-bond acceptors (Lipinski definition) is 6. The van der Waals surface area contributed by atoms with Crippen molar-refractivity contribution in [1.82, 2.24) is 0 Å². The smallest absolute Gasteiger partial charge is 0.00454 e. The summed E-state index contributed by atoms with van der Waals surface area (Å²) in [6, 6.07) is 0. The number of nitrogens with two attached hydrogens (primary N) is 2. The summed E-state index contributed by atoms with van der Waals surface area (Å²) in [5, 5.41) is 0. The molecule has 0 rings (SSSR count). The molecular weight excluding hydrogens is 300 g/mol. The zero-order valence-corrected chi connectivity index (χ0v) is 14.5. The van der Waals surface area contributed by atoms with Crippen LogP contribution < -0.4 is 11.5 Å². The lowest BCUT2D eigenvalue weighted by Gasteiger charge is -2.01. The van der Waals surface area contributed by atoms with E-state index in [4.69, 9.17) is 11.5 Å². The van der Waals surface area contributed by atoms with Crippen LogP contribution in [-0.4, -0.2) is 24.6 Å². The number of rotatable bonds is 15. The predicted octanol–water partition coefficient (Wildman–Crippen LogP) is 4.70. The first-order chi connectivity index (χ1) is 8.91. The van der Waals surface area contributed by atoms with Crippen LogP contribution in [0.3, 0.4) is 0 Å². The maximum Gasteiger partial charge on any atom is 0.00454 e. The van der Waals surface area contributed by atoms with Crippen LogP contribution in [-0.2, 0) is 0 Å². The molecule has 0 radical (unpaired) electrons. The molecule has 0 amide bonds. The van der Waals surface area contributed by atoms with E-state index in [-0.39, 0.29) is 0 Å². The normalized spacial score (nSPS) is 11.0. The third-order valence-electron chi connectivity index (χ3n) is 2.49. The fourth-order valence-electron chi connectivity index (χ4n) is 1.43. The Hall–Kier alpha value is 1.32. The van der Waals surface area contributed by atoms with Gasteiger partial charge in [0.05, 0.1) is 0 Å². The summed E-state index contributed by atoms with van der Waals surface area (Å²) >= 11 is 0. The zero-order valence-electron chi connectivity index (χ0n) is 11.3. The van der Waals surface area contributed by atoms with Gasteiger partial charge in [0.15, 0.2) is 0 Å². The second-order valence-electron chi connectivity index (χ2n) is 4.19. The van der Waals surface area contributed by atoms with E-state index >= 15 is 0 Å². The van der Waals surface area contributed by atoms with Crippen LogP contribution >= 0.6 is 41.2 Å². The minimum atomic E-state index is 0.847. The molecule has 2 nitrogen and oxygen atoms in total. The molecule has 0 bridgehead atoms. The molecule has 0 atom stereocenters. The lowest BCUT2D eigenvalue weighted by Crippen LogP contribution is -1.97. The molecule has 6 heteroatoms. The summed E-state index contributed by atoms with van der Waals surface area (Å²) in [5.41, 5.74) is 10.9. The minimum absolute atomic E-state index is 0.847. The molecule has 0 aromatic rings. The summed E-state index contributed by atoms with van der Waals surface area (Å²) in [6.45, 7) is 1.69. The Kier molecular flexibility index (Phi) is 19.7. The standard InChI is InChI=1S/C12H28N2S4/c13-9-5-1-3-7-11-15-17-18-16-12-8-4-2-6-10-14/h1-14H2. The van der Waals surface area contributed by atoms with Crippen molar-refractivity contribution in [2.24, 2.45) is 11.5 Å². The van der Waals surface area contributed by atoms with Crippen LogP contribution in [0.15, 0.2) is 0 Å². The first-order valence-corrected chi connectivity index (χ1v) is 12.0.